The zero-order valence-corrected chi connectivity index (χ0v) is 44.4. The molecule has 68 heavy (non-hydrogen) atoms. The minimum absolute atomic E-state index is 0.140. The molecule has 10 heteroatoms. The van der Waals surface area contributed by atoms with Gasteiger partial charge in [0.25, 0.3) is 11.8 Å². The van der Waals surface area contributed by atoms with Crippen molar-refractivity contribution in [1.82, 2.24) is 10.6 Å². The van der Waals surface area contributed by atoms with E-state index in [1.54, 1.807) is 0 Å². The number of hydrogen-bond donors (Lipinski definition) is 6. The van der Waals surface area contributed by atoms with Gasteiger partial charge in [-0.2, -0.15) is 0 Å². The van der Waals surface area contributed by atoms with Crippen LogP contribution >= 0.6 is 0 Å². The zero-order valence-electron chi connectivity index (χ0n) is 44.4. The van der Waals surface area contributed by atoms with Crippen LogP contribution in [0.2, 0.25) is 0 Å². The summed E-state index contributed by atoms with van der Waals surface area (Å²) in [4.78, 5) is 48.3. The molecule has 0 atom stereocenters. The normalized spacial score (nSPS) is 11.0. The molecule has 0 aliphatic rings. The van der Waals surface area contributed by atoms with Crippen LogP contribution in [0.4, 0.5) is 0 Å². The van der Waals surface area contributed by atoms with Crippen LogP contribution in [-0.2, 0) is 0 Å². The molecule has 0 saturated carbocycles. The molecule has 2 amide bonds. The van der Waals surface area contributed by atoms with Gasteiger partial charge in [-0.25, -0.2) is 9.59 Å². The summed E-state index contributed by atoms with van der Waals surface area (Å²) < 4.78 is 0. The highest BCUT2D eigenvalue weighted by Crippen LogP contribution is 2.19. The molecule has 0 radical (unpaired) electrons. The molecule has 1 aromatic carbocycles. The van der Waals surface area contributed by atoms with Crippen LogP contribution in [0.1, 0.15) is 300 Å². The molecule has 0 spiro atoms. The number of hydrogen-bond acceptors (Lipinski definition) is 6. The van der Waals surface area contributed by atoms with Crippen molar-refractivity contribution < 1.29 is 29.4 Å². The Kier molecular flexibility index (Phi) is 51.8. The molecule has 394 valence electrons. The number of aromatic carboxylic acids is 2. The monoisotopic (exact) mass is 955 g/mol. The van der Waals surface area contributed by atoms with Crippen molar-refractivity contribution in [1.29, 1.82) is 0 Å². The molecule has 0 unspecified atom stereocenters. The van der Waals surface area contributed by atoms with Gasteiger partial charge in [-0.1, -0.05) is 206 Å². The maximum absolute atomic E-state index is 12.6. The SMILES string of the molecule is CCCCCCCCC=CCCCCCCCCN.CCCCCCCCC=CCCCCCCCCN.CCCCCCNC(=O)c1cc(C(=O)O)c(C(=O)O)cc1C(=O)NCCCCCC. The highest BCUT2D eigenvalue weighted by atomic mass is 16.4. The number of unbranched alkanes of at least 4 members (excludes halogenated alkanes) is 30. The Morgan fingerprint density at radius 1 is 0.368 bits per heavy atom. The van der Waals surface area contributed by atoms with E-state index in [9.17, 15) is 29.4 Å². The van der Waals surface area contributed by atoms with Gasteiger partial charge in [0.1, 0.15) is 0 Å². The van der Waals surface area contributed by atoms with Crippen molar-refractivity contribution in [3.8, 4) is 0 Å². The summed E-state index contributed by atoms with van der Waals surface area (Å²) in [6, 6.07) is 1.94. The first kappa shape index (κ1) is 66.6. The van der Waals surface area contributed by atoms with Crippen LogP contribution in [0.15, 0.2) is 36.4 Å². The van der Waals surface area contributed by atoms with Gasteiger partial charge in [0.2, 0.25) is 0 Å². The van der Waals surface area contributed by atoms with E-state index >= 15 is 0 Å². The largest absolute Gasteiger partial charge is 0.478 e. The third kappa shape index (κ3) is 42.6. The Morgan fingerprint density at radius 3 is 0.853 bits per heavy atom. The summed E-state index contributed by atoms with van der Waals surface area (Å²) in [5, 5.41) is 24.1. The minimum Gasteiger partial charge on any atom is -0.478 e. The first-order valence-electron chi connectivity index (χ1n) is 28.1. The summed E-state index contributed by atoms with van der Waals surface area (Å²) in [6.45, 7) is 11.2. The molecule has 0 bridgehead atoms. The molecule has 0 aromatic heterocycles. The number of nitrogens with two attached hydrogens (primary N) is 2. The number of carbonyl (C=O) groups excluding carboxylic acids is 2. The smallest absolute Gasteiger partial charge is 0.336 e. The maximum atomic E-state index is 12.6. The van der Waals surface area contributed by atoms with E-state index in [4.69, 9.17) is 11.5 Å². The molecule has 1 aromatic rings. The van der Waals surface area contributed by atoms with Gasteiger partial charge < -0.3 is 32.3 Å². The number of carboxylic acid groups (broad SMARTS) is 2. The number of allylic oxidation sites excluding steroid dienone is 4. The average molecular weight is 956 g/mol. The van der Waals surface area contributed by atoms with Crippen molar-refractivity contribution in [3.05, 3.63) is 58.7 Å². The lowest BCUT2D eigenvalue weighted by Gasteiger charge is -2.13. The van der Waals surface area contributed by atoms with Gasteiger partial charge in [0.15, 0.2) is 0 Å². The average Bonchev–Trinajstić information content (AvgIpc) is 3.33. The lowest BCUT2D eigenvalue weighted by molar-refractivity contribution is 0.0651. The first-order chi connectivity index (χ1) is 33.2. The van der Waals surface area contributed by atoms with Crippen LogP contribution in [0.5, 0.6) is 0 Å². The summed E-state index contributed by atoms with van der Waals surface area (Å²) in [7, 11) is 0. The molecule has 0 aliphatic carbocycles. The molecule has 0 fully saturated rings. The summed E-state index contributed by atoms with van der Waals surface area (Å²) in [5.74, 6) is -4.14. The molecular formula is C58H106N4O6. The Labute approximate surface area is 417 Å². The second-order valence-electron chi connectivity index (χ2n) is 18.6. The van der Waals surface area contributed by atoms with Gasteiger partial charge in [-0.15, -0.1) is 0 Å². The van der Waals surface area contributed by atoms with Gasteiger partial charge in [-0.3, -0.25) is 9.59 Å². The van der Waals surface area contributed by atoms with Crippen LogP contribution in [0.25, 0.3) is 0 Å². The van der Waals surface area contributed by atoms with Crippen LogP contribution in [0.3, 0.4) is 0 Å². The molecule has 1 rings (SSSR count). The quantitative estimate of drug-likeness (QED) is 0.0276. The Hall–Kier alpha value is -3.50. The van der Waals surface area contributed by atoms with E-state index in [0.717, 1.165) is 76.6 Å². The van der Waals surface area contributed by atoms with Crippen molar-refractivity contribution in [2.75, 3.05) is 26.2 Å². The molecule has 0 heterocycles. The van der Waals surface area contributed by atoms with E-state index in [1.807, 2.05) is 0 Å². The summed E-state index contributed by atoms with van der Waals surface area (Å²) >= 11 is 0. The maximum Gasteiger partial charge on any atom is 0.336 e. The van der Waals surface area contributed by atoms with Crippen molar-refractivity contribution >= 4 is 23.8 Å². The van der Waals surface area contributed by atoms with Gasteiger partial charge in [0.05, 0.1) is 22.3 Å². The molecule has 10 nitrogen and oxygen atoms in total. The molecule has 0 saturated heterocycles. The second-order valence-corrected chi connectivity index (χ2v) is 18.6. The Morgan fingerprint density at radius 2 is 0.603 bits per heavy atom. The molecule has 0 aliphatic heterocycles. The topological polar surface area (TPSA) is 185 Å². The summed E-state index contributed by atoms with van der Waals surface area (Å²) in [6.07, 6.45) is 55.4. The van der Waals surface area contributed by atoms with Crippen molar-refractivity contribution in [2.24, 2.45) is 11.5 Å². The predicted molar refractivity (Wildman–Crippen MR) is 290 cm³/mol. The van der Waals surface area contributed by atoms with Crippen molar-refractivity contribution in [2.45, 2.75) is 259 Å². The number of nitrogens with one attached hydrogen (secondary N) is 2. The lowest BCUT2D eigenvalue weighted by atomic mass is 9.96. The minimum atomic E-state index is -1.48. The fourth-order valence-electron chi connectivity index (χ4n) is 7.81. The van der Waals surface area contributed by atoms with E-state index in [2.05, 4.69) is 62.6 Å². The predicted octanol–water partition coefficient (Wildman–Crippen LogP) is 15.7. The standard InChI is InChI=1S/C22H32N2O6.2C18H37N/c1-3-5-7-9-11-23-19(25)15-13-17(21(27)28)18(22(29)30)14-16(15)20(26)24-12-10-8-6-4-2;2*1-2-3-4-5-6-7-8-9-10-11-12-13-14-15-16-17-18-19/h13-14H,3-12H2,1-2H3,(H,23,25)(H,24,26)(H,27,28)(H,29,30);2*9-10H,2-8,11-19H2,1H3. The third-order valence-corrected chi connectivity index (χ3v) is 12.2. The Balaban J connectivity index is 0. The van der Waals surface area contributed by atoms with Crippen LogP contribution < -0.4 is 22.1 Å². The Bertz CT molecular complexity index is 1290. The second kappa shape index (κ2) is 52.9. The fraction of sp³-hybridized carbons (Fsp3) is 0.759. The van der Waals surface area contributed by atoms with E-state index < -0.39 is 34.9 Å². The van der Waals surface area contributed by atoms with Gasteiger partial charge in [0, 0.05) is 13.1 Å². The fourth-order valence-corrected chi connectivity index (χ4v) is 7.81. The highest BCUT2D eigenvalue weighted by molar-refractivity contribution is 6.12. The lowest BCUT2D eigenvalue weighted by Crippen LogP contribution is -2.31. The molecular weight excluding hydrogens is 849 g/mol. The number of carbonyl (C=O) groups is 4. The van der Waals surface area contributed by atoms with E-state index in [1.165, 1.54) is 180 Å². The third-order valence-electron chi connectivity index (χ3n) is 12.2. The summed E-state index contributed by atoms with van der Waals surface area (Å²) in [5.41, 5.74) is 9.61. The van der Waals surface area contributed by atoms with Crippen LogP contribution in [0, 0.1) is 0 Å². The van der Waals surface area contributed by atoms with Gasteiger partial charge >= 0.3 is 11.9 Å². The van der Waals surface area contributed by atoms with E-state index in [0.29, 0.717) is 13.1 Å². The highest BCUT2D eigenvalue weighted by Gasteiger charge is 2.25. The first-order valence-corrected chi connectivity index (χ1v) is 28.1. The number of benzene rings is 1. The molecule has 8 N–H and O–H groups in total. The van der Waals surface area contributed by atoms with E-state index in [-0.39, 0.29) is 11.1 Å². The number of amides is 2. The number of rotatable bonds is 44. The van der Waals surface area contributed by atoms with Gasteiger partial charge in [-0.05, 0) is 102 Å². The van der Waals surface area contributed by atoms with Crippen LogP contribution in [-0.4, -0.2) is 60.1 Å². The zero-order chi connectivity index (χ0) is 50.6. The number of carboxylic acids is 2. The van der Waals surface area contributed by atoms with Crippen molar-refractivity contribution in [3.63, 3.8) is 0 Å².